The highest BCUT2D eigenvalue weighted by Crippen LogP contribution is 2.16. The molecule has 4 nitrogen and oxygen atoms in total. The lowest BCUT2D eigenvalue weighted by Gasteiger charge is -2.26. The van der Waals surface area contributed by atoms with Crippen molar-refractivity contribution in [1.82, 2.24) is 9.78 Å². The molecule has 0 amide bonds. The first-order chi connectivity index (χ1) is 6.93. The Hall–Kier alpha value is -0.870. The maximum atomic E-state index is 6.05. The van der Waals surface area contributed by atoms with E-state index in [-0.39, 0.29) is 11.6 Å². The van der Waals surface area contributed by atoms with Crippen molar-refractivity contribution in [3.63, 3.8) is 0 Å². The Balaban J connectivity index is 2.46. The van der Waals surface area contributed by atoms with Crippen LogP contribution in [0.1, 0.15) is 26.0 Å². The first-order valence-corrected chi connectivity index (χ1v) is 5.22. The van der Waals surface area contributed by atoms with Gasteiger partial charge in [0, 0.05) is 32.8 Å². The lowest BCUT2D eigenvalue weighted by Crippen LogP contribution is -2.35. The smallest absolute Gasteiger partial charge is 0.0639 e. The molecule has 1 atom stereocenters. The van der Waals surface area contributed by atoms with Gasteiger partial charge in [0.1, 0.15) is 0 Å². The Morgan fingerprint density at radius 2 is 2.27 bits per heavy atom. The molecule has 0 spiro atoms. The number of methoxy groups -OCH3 is 1. The van der Waals surface area contributed by atoms with E-state index in [9.17, 15) is 0 Å². The van der Waals surface area contributed by atoms with Gasteiger partial charge >= 0.3 is 0 Å². The van der Waals surface area contributed by atoms with Crippen molar-refractivity contribution in [1.29, 1.82) is 0 Å². The molecule has 2 N–H and O–H groups in total. The molecule has 86 valence electrons. The molecule has 0 aliphatic rings. The molecule has 0 aromatic carbocycles. The number of hydrogen-bond donors (Lipinski definition) is 1. The summed E-state index contributed by atoms with van der Waals surface area (Å²) < 4.78 is 7.14. The van der Waals surface area contributed by atoms with E-state index in [0.29, 0.717) is 0 Å². The predicted molar refractivity (Wildman–Crippen MR) is 60.6 cm³/mol. The Bertz CT molecular complexity index is 307. The minimum atomic E-state index is -0.159. The maximum absolute atomic E-state index is 6.05. The molecule has 0 bridgehead atoms. The quantitative estimate of drug-likeness (QED) is 0.793. The molecule has 4 heteroatoms. The third kappa shape index (κ3) is 4.01. The van der Waals surface area contributed by atoms with E-state index in [1.165, 1.54) is 0 Å². The number of ether oxygens (including phenoxy) is 1. The SMILES string of the molecule is COC(C)(C)CC(N)Cc1ccn(C)n1. The summed E-state index contributed by atoms with van der Waals surface area (Å²) in [5, 5.41) is 4.30. The highest BCUT2D eigenvalue weighted by Gasteiger charge is 2.21. The van der Waals surface area contributed by atoms with Crippen molar-refractivity contribution in [3.8, 4) is 0 Å². The largest absolute Gasteiger partial charge is 0.379 e. The molecular formula is C11H21N3O. The Kier molecular flexibility index (Phi) is 3.88. The van der Waals surface area contributed by atoms with Gasteiger partial charge in [-0.15, -0.1) is 0 Å². The zero-order valence-corrected chi connectivity index (χ0v) is 10.0. The van der Waals surface area contributed by atoms with Gasteiger partial charge < -0.3 is 10.5 Å². The van der Waals surface area contributed by atoms with Gasteiger partial charge in [-0.25, -0.2) is 0 Å². The molecule has 1 heterocycles. The average Bonchev–Trinajstić information content (AvgIpc) is 2.50. The van der Waals surface area contributed by atoms with E-state index in [4.69, 9.17) is 10.5 Å². The van der Waals surface area contributed by atoms with Crippen LogP contribution in [0.15, 0.2) is 12.3 Å². The molecule has 1 rings (SSSR count). The normalized spacial score (nSPS) is 14.2. The number of hydrogen-bond acceptors (Lipinski definition) is 3. The van der Waals surface area contributed by atoms with Crippen LogP contribution >= 0.6 is 0 Å². The number of aryl methyl sites for hydroxylation is 1. The third-order valence-electron chi connectivity index (χ3n) is 2.55. The van der Waals surface area contributed by atoms with Crippen molar-refractivity contribution >= 4 is 0 Å². The fraction of sp³-hybridized carbons (Fsp3) is 0.727. The summed E-state index contributed by atoms with van der Waals surface area (Å²) >= 11 is 0. The predicted octanol–water partition coefficient (Wildman–Crippen LogP) is 1.10. The third-order valence-corrected chi connectivity index (χ3v) is 2.55. The lowest BCUT2D eigenvalue weighted by molar-refractivity contribution is 0.0101. The summed E-state index contributed by atoms with van der Waals surface area (Å²) in [4.78, 5) is 0. The van der Waals surface area contributed by atoms with Crippen molar-refractivity contribution in [3.05, 3.63) is 18.0 Å². The molecule has 1 aromatic heterocycles. The second-order valence-corrected chi connectivity index (χ2v) is 4.61. The van der Waals surface area contributed by atoms with Crippen LogP contribution in [0.4, 0.5) is 0 Å². The minimum Gasteiger partial charge on any atom is -0.379 e. The molecular weight excluding hydrogens is 190 g/mol. The van der Waals surface area contributed by atoms with Gasteiger partial charge in [-0.3, -0.25) is 4.68 Å². The van der Waals surface area contributed by atoms with Crippen LogP contribution in [0.5, 0.6) is 0 Å². The summed E-state index contributed by atoms with van der Waals surface area (Å²) in [7, 11) is 3.63. The van der Waals surface area contributed by atoms with Crippen LogP contribution in [0.2, 0.25) is 0 Å². The van der Waals surface area contributed by atoms with Crippen LogP contribution < -0.4 is 5.73 Å². The summed E-state index contributed by atoms with van der Waals surface area (Å²) in [6.45, 7) is 4.09. The second kappa shape index (κ2) is 4.77. The minimum absolute atomic E-state index is 0.0925. The molecule has 0 saturated carbocycles. The molecule has 0 saturated heterocycles. The zero-order valence-electron chi connectivity index (χ0n) is 10.0. The molecule has 0 radical (unpaired) electrons. The molecule has 0 aliphatic carbocycles. The Labute approximate surface area is 91.4 Å². The van der Waals surface area contributed by atoms with Crippen molar-refractivity contribution < 1.29 is 4.74 Å². The monoisotopic (exact) mass is 211 g/mol. The first kappa shape index (κ1) is 12.2. The van der Waals surface area contributed by atoms with Crippen LogP contribution in [-0.4, -0.2) is 28.5 Å². The lowest BCUT2D eigenvalue weighted by atomic mass is 9.96. The Morgan fingerprint density at radius 1 is 1.60 bits per heavy atom. The number of nitrogens with zero attached hydrogens (tertiary/aromatic N) is 2. The number of nitrogens with two attached hydrogens (primary N) is 1. The number of rotatable bonds is 5. The van der Waals surface area contributed by atoms with E-state index in [1.54, 1.807) is 11.8 Å². The summed E-state index contributed by atoms with van der Waals surface area (Å²) in [6, 6.07) is 2.09. The van der Waals surface area contributed by atoms with E-state index in [0.717, 1.165) is 18.5 Å². The van der Waals surface area contributed by atoms with E-state index in [1.807, 2.05) is 33.2 Å². The van der Waals surface area contributed by atoms with Gasteiger partial charge in [0.25, 0.3) is 0 Å². The molecule has 15 heavy (non-hydrogen) atoms. The van der Waals surface area contributed by atoms with Crippen LogP contribution in [-0.2, 0) is 18.2 Å². The highest BCUT2D eigenvalue weighted by molar-refractivity contribution is 5.01. The van der Waals surface area contributed by atoms with Crippen LogP contribution in [0.3, 0.4) is 0 Å². The van der Waals surface area contributed by atoms with Gasteiger partial charge in [-0.2, -0.15) is 5.10 Å². The molecule has 1 aromatic rings. The van der Waals surface area contributed by atoms with Crippen LogP contribution in [0.25, 0.3) is 0 Å². The highest BCUT2D eigenvalue weighted by atomic mass is 16.5. The van der Waals surface area contributed by atoms with Crippen molar-refractivity contribution in [2.75, 3.05) is 7.11 Å². The van der Waals surface area contributed by atoms with Crippen molar-refractivity contribution in [2.45, 2.75) is 38.3 Å². The standard InChI is InChI=1S/C11H21N3O/c1-11(2,15-4)8-9(12)7-10-5-6-14(3)13-10/h5-6,9H,7-8,12H2,1-4H3. The molecule has 0 fully saturated rings. The van der Waals surface area contributed by atoms with Gasteiger partial charge in [0.05, 0.1) is 11.3 Å². The first-order valence-electron chi connectivity index (χ1n) is 5.22. The second-order valence-electron chi connectivity index (χ2n) is 4.61. The number of aromatic nitrogens is 2. The fourth-order valence-corrected chi connectivity index (χ4v) is 1.63. The van der Waals surface area contributed by atoms with Gasteiger partial charge in [0.2, 0.25) is 0 Å². The van der Waals surface area contributed by atoms with E-state index in [2.05, 4.69) is 5.10 Å². The fourth-order valence-electron chi connectivity index (χ4n) is 1.63. The Morgan fingerprint density at radius 3 is 2.73 bits per heavy atom. The van der Waals surface area contributed by atoms with E-state index >= 15 is 0 Å². The summed E-state index contributed by atoms with van der Waals surface area (Å²) in [5.74, 6) is 0. The topological polar surface area (TPSA) is 53.1 Å². The van der Waals surface area contributed by atoms with Crippen LogP contribution in [0, 0.1) is 0 Å². The summed E-state index contributed by atoms with van der Waals surface area (Å²) in [5.41, 5.74) is 6.93. The summed E-state index contributed by atoms with van der Waals surface area (Å²) in [6.07, 6.45) is 3.57. The molecule has 1 unspecified atom stereocenters. The van der Waals surface area contributed by atoms with Crippen molar-refractivity contribution in [2.24, 2.45) is 12.8 Å². The van der Waals surface area contributed by atoms with E-state index < -0.39 is 0 Å². The van der Waals surface area contributed by atoms with Gasteiger partial charge in [-0.05, 0) is 26.3 Å². The maximum Gasteiger partial charge on any atom is 0.0639 e. The van der Waals surface area contributed by atoms with Gasteiger partial charge in [-0.1, -0.05) is 0 Å². The molecule has 0 aliphatic heterocycles. The van der Waals surface area contributed by atoms with Gasteiger partial charge in [0.15, 0.2) is 0 Å². The zero-order chi connectivity index (χ0) is 11.5. The average molecular weight is 211 g/mol.